The number of hydrogen-bond donors (Lipinski definition) is 1. The lowest BCUT2D eigenvalue weighted by Gasteiger charge is -2.10. The normalized spacial score (nSPS) is 11.0. The number of carbonyl (C=O) groups excluding carboxylic acids is 1. The summed E-state index contributed by atoms with van der Waals surface area (Å²) in [6.07, 6.45) is 5.41. The minimum atomic E-state index is -0.185. The molecular weight excluding hydrogens is 366 g/mol. The molecule has 0 unspecified atom stereocenters. The van der Waals surface area contributed by atoms with Gasteiger partial charge in [0, 0.05) is 35.8 Å². The first-order valence-corrected chi connectivity index (χ1v) is 9.34. The van der Waals surface area contributed by atoms with Gasteiger partial charge in [0.05, 0.1) is 12.4 Å². The van der Waals surface area contributed by atoms with Crippen LogP contribution in [0.15, 0.2) is 67.3 Å². The van der Waals surface area contributed by atoms with Crippen LogP contribution >= 0.6 is 0 Å². The average molecular weight is 387 g/mol. The van der Waals surface area contributed by atoms with E-state index in [0.29, 0.717) is 17.9 Å². The van der Waals surface area contributed by atoms with Crippen molar-refractivity contribution in [3.05, 3.63) is 78.4 Å². The first-order valence-electron chi connectivity index (χ1n) is 9.34. The number of anilines is 1. The highest BCUT2D eigenvalue weighted by Gasteiger charge is 2.14. The summed E-state index contributed by atoms with van der Waals surface area (Å²) in [6, 6.07) is 15.2. The zero-order valence-electron chi connectivity index (χ0n) is 16.2. The number of nitrogens with zero attached hydrogens (tertiary/aromatic N) is 6. The largest absolute Gasteiger partial charge is 0.333 e. The van der Waals surface area contributed by atoms with Gasteiger partial charge in [0.25, 0.3) is 5.91 Å². The van der Waals surface area contributed by atoms with Gasteiger partial charge in [0.2, 0.25) is 0 Å². The lowest BCUT2D eigenvalue weighted by molar-refractivity contribution is 0.102. The van der Waals surface area contributed by atoms with Crippen LogP contribution in [0.2, 0.25) is 0 Å². The van der Waals surface area contributed by atoms with E-state index in [4.69, 9.17) is 0 Å². The molecule has 0 saturated heterocycles. The molecule has 29 heavy (non-hydrogen) atoms. The smallest absolute Gasteiger partial charge is 0.255 e. The molecule has 0 aliphatic heterocycles. The third-order valence-electron chi connectivity index (χ3n) is 4.47. The fourth-order valence-corrected chi connectivity index (χ4v) is 3.07. The van der Waals surface area contributed by atoms with Gasteiger partial charge in [-0.2, -0.15) is 0 Å². The zero-order valence-corrected chi connectivity index (χ0v) is 16.2. The Labute approximate surface area is 168 Å². The van der Waals surface area contributed by atoms with Gasteiger partial charge in [0.1, 0.15) is 0 Å². The van der Waals surface area contributed by atoms with Crippen LogP contribution in [0.1, 0.15) is 35.8 Å². The molecule has 0 aliphatic carbocycles. The van der Waals surface area contributed by atoms with Crippen molar-refractivity contribution in [2.75, 3.05) is 5.32 Å². The van der Waals surface area contributed by atoms with E-state index < -0.39 is 0 Å². The van der Waals surface area contributed by atoms with Crippen LogP contribution in [0.4, 0.5) is 5.69 Å². The first kappa shape index (κ1) is 18.5. The second kappa shape index (κ2) is 8.05. The molecule has 4 rings (SSSR count). The molecule has 1 N–H and O–H groups in total. The highest BCUT2D eigenvalue weighted by atomic mass is 16.1. The number of carbonyl (C=O) groups is 1. The molecule has 2 aromatic carbocycles. The van der Waals surface area contributed by atoms with E-state index in [-0.39, 0.29) is 11.9 Å². The summed E-state index contributed by atoms with van der Waals surface area (Å²) >= 11 is 0. The van der Waals surface area contributed by atoms with Crippen LogP contribution in [0.25, 0.3) is 11.4 Å². The van der Waals surface area contributed by atoms with Gasteiger partial charge in [-0.05, 0) is 54.1 Å². The molecule has 4 aromatic rings. The van der Waals surface area contributed by atoms with E-state index in [9.17, 15) is 4.79 Å². The van der Waals surface area contributed by atoms with Crippen molar-refractivity contribution < 1.29 is 4.79 Å². The summed E-state index contributed by atoms with van der Waals surface area (Å²) in [5.74, 6) is 0.451. The third-order valence-corrected chi connectivity index (χ3v) is 4.47. The van der Waals surface area contributed by atoms with Gasteiger partial charge in [-0.1, -0.05) is 24.3 Å². The Kier molecular flexibility index (Phi) is 5.15. The first-order chi connectivity index (χ1) is 14.1. The summed E-state index contributed by atoms with van der Waals surface area (Å²) in [4.78, 5) is 16.9. The van der Waals surface area contributed by atoms with Gasteiger partial charge in [0.15, 0.2) is 5.82 Å². The van der Waals surface area contributed by atoms with Crippen molar-refractivity contribution in [1.82, 2.24) is 29.8 Å². The van der Waals surface area contributed by atoms with E-state index in [1.54, 1.807) is 29.3 Å². The maximum atomic E-state index is 12.8. The van der Waals surface area contributed by atoms with Crippen molar-refractivity contribution >= 4 is 11.6 Å². The minimum Gasteiger partial charge on any atom is -0.333 e. The number of imidazole rings is 1. The standard InChI is InChI=1S/C21H21N7O/c1-15(2)28-20(24-25-26-28)17-6-4-7-18(12-17)21(29)23-19-8-3-5-16(11-19)13-27-10-9-22-14-27/h3-12,14-15H,13H2,1-2H3,(H,23,29). The van der Waals surface area contributed by atoms with Crippen LogP contribution in [0.3, 0.4) is 0 Å². The Morgan fingerprint density at radius 1 is 1.14 bits per heavy atom. The molecule has 8 heteroatoms. The van der Waals surface area contributed by atoms with Crippen molar-refractivity contribution in [1.29, 1.82) is 0 Å². The average Bonchev–Trinajstić information content (AvgIpc) is 3.40. The van der Waals surface area contributed by atoms with Crippen LogP contribution < -0.4 is 5.32 Å². The molecule has 146 valence electrons. The fourth-order valence-electron chi connectivity index (χ4n) is 3.07. The van der Waals surface area contributed by atoms with Crippen LogP contribution in [0, 0.1) is 0 Å². The summed E-state index contributed by atoms with van der Waals surface area (Å²) in [5.41, 5.74) is 3.15. The SMILES string of the molecule is CC(C)n1nnnc1-c1cccc(C(=O)Nc2cccc(Cn3ccnc3)c2)c1. The number of benzene rings is 2. The Bertz CT molecular complexity index is 1120. The maximum Gasteiger partial charge on any atom is 0.255 e. The quantitative estimate of drug-likeness (QED) is 0.547. The van der Waals surface area contributed by atoms with E-state index >= 15 is 0 Å². The Hall–Kier alpha value is -3.81. The van der Waals surface area contributed by atoms with E-state index in [0.717, 1.165) is 16.8 Å². The Morgan fingerprint density at radius 2 is 2.00 bits per heavy atom. The summed E-state index contributed by atoms with van der Waals surface area (Å²) < 4.78 is 3.71. The predicted molar refractivity (Wildman–Crippen MR) is 109 cm³/mol. The highest BCUT2D eigenvalue weighted by molar-refractivity contribution is 6.04. The van der Waals surface area contributed by atoms with Gasteiger partial charge in [-0.25, -0.2) is 9.67 Å². The maximum absolute atomic E-state index is 12.8. The predicted octanol–water partition coefficient (Wildman–Crippen LogP) is 3.42. The van der Waals surface area contributed by atoms with Crippen molar-refractivity contribution in [3.8, 4) is 11.4 Å². The number of hydrogen-bond acceptors (Lipinski definition) is 5. The van der Waals surface area contributed by atoms with E-state index in [1.807, 2.05) is 61.0 Å². The molecule has 2 heterocycles. The molecule has 0 saturated carbocycles. The topological polar surface area (TPSA) is 90.5 Å². The summed E-state index contributed by atoms with van der Waals surface area (Å²) in [5, 5.41) is 14.8. The monoisotopic (exact) mass is 387 g/mol. The van der Waals surface area contributed by atoms with Gasteiger partial charge >= 0.3 is 0 Å². The van der Waals surface area contributed by atoms with Crippen LogP contribution in [-0.2, 0) is 6.54 Å². The Balaban J connectivity index is 1.53. The second-order valence-electron chi connectivity index (χ2n) is 7.01. The lowest BCUT2D eigenvalue weighted by Crippen LogP contribution is -2.12. The van der Waals surface area contributed by atoms with Crippen molar-refractivity contribution in [2.45, 2.75) is 26.4 Å². The molecule has 2 aromatic heterocycles. The molecular formula is C21H21N7O. The number of tetrazole rings is 1. The van der Waals surface area contributed by atoms with Gasteiger partial charge in [-0.3, -0.25) is 4.79 Å². The molecule has 0 radical (unpaired) electrons. The van der Waals surface area contributed by atoms with E-state index in [2.05, 4.69) is 25.8 Å². The van der Waals surface area contributed by atoms with Gasteiger partial charge < -0.3 is 9.88 Å². The van der Waals surface area contributed by atoms with Crippen LogP contribution in [0.5, 0.6) is 0 Å². The lowest BCUT2D eigenvalue weighted by atomic mass is 10.1. The summed E-state index contributed by atoms with van der Waals surface area (Å²) in [6.45, 7) is 4.71. The zero-order chi connectivity index (χ0) is 20.2. The van der Waals surface area contributed by atoms with E-state index in [1.165, 1.54) is 0 Å². The molecule has 0 fully saturated rings. The highest BCUT2D eigenvalue weighted by Crippen LogP contribution is 2.21. The van der Waals surface area contributed by atoms with Crippen molar-refractivity contribution in [2.24, 2.45) is 0 Å². The molecule has 0 bridgehead atoms. The number of nitrogens with one attached hydrogen (secondary N) is 1. The minimum absolute atomic E-state index is 0.121. The molecule has 1 amide bonds. The number of aromatic nitrogens is 6. The number of rotatable bonds is 6. The molecule has 8 nitrogen and oxygen atoms in total. The van der Waals surface area contributed by atoms with Crippen LogP contribution in [-0.4, -0.2) is 35.7 Å². The number of amides is 1. The Morgan fingerprint density at radius 3 is 2.79 bits per heavy atom. The second-order valence-corrected chi connectivity index (χ2v) is 7.01. The van der Waals surface area contributed by atoms with Gasteiger partial charge in [-0.15, -0.1) is 5.10 Å². The molecule has 0 atom stereocenters. The fraction of sp³-hybridized carbons (Fsp3) is 0.190. The molecule has 0 spiro atoms. The molecule has 0 aliphatic rings. The van der Waals surface area contributed by atoms with Crippen molar-refractivity contribution in [3.63, 3.8) is 0 Å². The third kappa shape index (κ3) is 4.21. The summed E-state index contributed by atoms with van der Waals surface area (Å²) in [7, 11) is 0.